The number of fused-ring (bicyclic) bond motifs is 1. The van der Waals surface area contributed by atoms with Crippen molar-refractivity contribution in [2.45, 2.75) is 38.1 Å². The lowest BCUT2D eigenvalue weighted by Gasteiger charge is -2.52. The fourth-order valence-corrected chi connectivity index (χ4v) is 5.64. The Labute approximate surface area is 197 Å². The molecule has 0 spiro atoms. The van der Waals surface area contributed by atoms with Crippen LogP contribution < -0.4 is 10.2 Å². The SMILES string of the molecule is CC1(c2ccccc2)CC(C)(C)N(C(=S)NC(=O)c2cccc(Br)c2)c2ccccc21. The molecular weight excluding hydrogens is 468 g/mol. The molecule has 0 saturated heterocycles. The summed E-state index contributed by atoms with van der Waals surface area (Å²) in [7, 11) is 0. The number of thiocarbonyl (C=S) groups is 1. The number of hydrogen-bond donors (Lipinski definition) is 1. The predicted molar refractivity (Wildman–Crippen MR) is 135 cm³/mol. The Hall–Kier alpha value is -2.50. The summed E-state index contributed by atoms with van der Waals surface area (Å²) in [6, 6.07) is 26.3. The largest absolute Gasteiger partial charge is 0.313 e. The number of para-hydroxylation sites is 1. The van der Waals surface area contributed by atoms with Crippen LogP contribution in [0, 0.1) is 0 Å². The molecule has 0 radical (unpaired) electrons. The van der Waals surface area contributed by atoms with E-state index in [4.69, 9.17) is 12.2 Å². The van der Waals surface area contributed by atoms with Crippen LogP contribution in [-0.4, -0.2) is 16.6 Å². The first kappa shape index (κ1) is 21.7. The highest BCUT2D eigenvalue weighted by Crippen LogP contribution is 2.50. The summed E-state index contributed by atoms with van der Waals surface area (Å²) in [4.78, 5) is 15.0. The zero-order valence-electron chi connectivity index (χ0n) is 17.9. The van der Waals surface area contributed by atoms with Gasteiger partial charge in [0.15, 0.2) is 5.11 Å². The van der Waals surface area contributed by atoms with E-state index in [0.29, 0.717) is 10.7 Å². The van der Waals surface area contributed by atoms with E-state index in [1.807, 2.05) is 24.3 Å². The van der Waals surface area contributed by atoms with Crippen LogP contribution in [0.1, 0.15) is 48.7 Å². The average Bonchev–Trinajstić information content (AvgIpc) is 2.73. The molecule has 0 aromatic heterocycles. The second kappa shape index (κ2) is 8.21. The van der Waals surface area contributed by atoms with Gasteiger partial charge in [-0.05, 0) is 67.9 Å². The third kappa shape index (κ3) is 4.04. The third-order valence-corrected chi connectivity index (χ3v) is 6.83. The second-order valence-electron chi connectivity index (χ2n) is 8.81. The van der Waals surface area contributed by atoms with Gasteiger partial charge >= 0.3 is 0 Å². The van der Waals surface area contributed by atoms with Crippen molar-refractivity contribution in [3.8, 4) is 0 Å². The zero-order chi connectivity index (χ0) is 22.2. The Morgan fingerprint density at radius 3 is 2.35 bits per heavy atom. The van der Waals surface area contributed by atoms with E-state index in [2.05, 4.69) is 89.4 Å². The molecule has 1 heterocycles. The van der Waals surface area contributed by atoms with Crippen molar-refractivity contribution < 1.29 is 4.79 Å². The second-order valence-corrected chi connectivity index (χ2v) is 10.1. The van der Waals surface area contributed by atoms with Crippen molar-refractivity contribution in [2.75, 3.05) is 4.90 Å². The molecule has 3 nitrogen and oxygen atoms in total. The van der Waals surface area contributed by atoms with Gasteiger partial charge in [-0.1, -0.05) is 77.5 Å². The molecule has 1 N–H and O–H groups in total. The molecule has 158 valence electrons. The van der Waals surface area contributed by atoms with Gasteiger partial charge in [0.2, 0.25) is 0 Å². The molecule has 31 heavy (non-hydrogen) atoms. The number of hydrogen-bond acceptors (Lipinski definition) is 2. The summed E-state index contributed by atoms with van der Waals surface area (Å²) in [5.74, 6) is -0.212. The van der Waals surface area contributed by atoms with Crippen LogP contribution in [0.15, 0.2) is 83.3 Å². The van der Waals surface area contributed by atoms with Gasteiger partial charge in [0.25, 0.3) is 5.91 Å². The number of benzene rings is 3. The lowest BCUT2D eigenvalue weighted by molar-refractivity contribution is 0.0976. The van der Waals surface area contributed by atoms with Gasteiger partial charge in [0, 0.05) is 26.7 Å². The number of halogens is 1. The van der Waals surface area contributed by atoms with Crippen LogP contribution >= 0.6 is 28.1 Å². The lowest BCUT2D eigenvalue weighted by atomic mass is 9.65. The summed E-state index contributed by atoms with van der Waals surface area (Å²) in [5.41, 5.74) is 3.61. The molecule has 1 atom stereocenters. The Morgan fingerprint density at radius 2 is 1.65 bits per heavy atom. The van der Waals surface area contributed by atoms with Gasteiger partial charge in [-0.25, -0.2) is 0 Å². The minimum Gasteiger partial charge on any atom is -0.313 e. The summed E-state index contributed by atoms with van der Waals surface area (Å²) >= 11 is 9.21. The molecule has 0 fully saturated rings. The molecule has 1 unspecified atom stereocenters. The van der Waals surface area contributed by atoms with E-state index in [9.17, 15) is 4.79 Å². The first-order valence-corrected chi connectivity index (χ1v) is 11.5. The Balaban J connectivity index is 1.73. The molecule has 5 heteroatoms. The molecule has 0 aliphatic carbocycles. The van der Waals surface area contributed by atoms with Crippen LogP contribution in [0.2, 0.25) is 0 Å². The Kier molecular flexibility index (Phi) is 5.75. The minimum atomic E-state index is -0.305. The molecule has 1 aliphatic heterocycles. The maximum absolute atomic E-state index is 12.9. The maximum Gasteiger partial charge on any atom is 0.257 e. The highest BCUT2D eigenvalue weighted by molar-refractivity contribution is 9.10. The maximum atomic E-state index is 12.9. The van der Waals surface area contributed by atoms with Gasteiger partial charge < -0.3 is 4.90 Å². The number of rotatable bonds is 2. The zero-order valence-corrected chi connectivity index (χ0v) is 20.3. The van der Waals surface area contributed by atoms with Gasteiger partial charge in [-0.3, -0.25) is 10.1 Å². The van der Waals surface area contributed by atoms with Crippen molar-refractivity contribution >= 4 is 44.9 Å². The highest BCUT2D eigenvalue weighted by Gasteiger charge is 2.46. The number of nitrogens with one attached hydrogen (secondary N) is 1. The van der Waals surface area contributed by atoms with Gasteiger partial charge in [0.05, 0.1) is 0 Å². The van der Waals surface area contributed by atoms with Crippen LogP contribution in [0.4, 0.5) is 5.69 Å². The monoisotopic (exact) mass is 492 g/mol. The summed E-state index contributed by atoms with van der Waals surface area (Å²) in [6.07, 6.45) is 0.855. The molecule has 3 aromatic carbocycles. The number of nitrogens with zero attached hydrogens (tertiary/aromatic N) is 1. The van der Waals surface area contributed by atoms with Gasteiger partial charge in [-0.15, -0.1) is 0 Å². The Morgan fingerprint density at radius 1 is 0.968 bits per heavy atom. The summed E-state index contributed by atoms with van der Waals surface area (Å²) in [5, 5.41) is 3.37. The lowest BCUT2D eigenvalue weighted by Crippen LogP contribution is -2.59. The number of carbonyl (C=O) groups excluding carboxylic acids is 1. The molecule has 0 bridgehead atoms. The molecule has 1 amide bonds. The van der Waals surface area contributed by atoms with E-state index in [1.165, 1.54) is 11.1 Å². The topological polar surface area (TPSA) is 32.3 Å². The van der Waals surface area contributed by atoms with Crippen molar-refractivity contribution in [3.05, 3.63) is 100 Å². The first-order chi connectivity index (χ1) is 14.7. The van der Waals surface area contributed by atoms with E-state index in [1.54, 1.807) is 12.1 Å². The fraction of sp³-hybridized carbons (Fsp3) is 0.231. The predicted octanol–water partition coefficient (Wildman–Crippen LogP) is 6.46. The van der Waals surface area contributed by atoms with Gasteiger partial charge in [0.1, 0.15) is 0 Å². The fourth-order valence-electron chi connectivity index (χ4n) is 4.80. The third-order valence-electron chi connectivity index (χ3n) is 6.05. The van der Waals surface area contributed by atoms with E-state index < -0.39 is 0 Å². The molecule has 1 aliphatic rings. The van der Waals surface area contributed by atoms with E-state index in [0.717, 1.165) is 16.6 Å². The average molecular weight is 493 g/mol. The first-order valence-electron chi connectivity index (χ1n) is 10.3. The normalized spacial score (nSPS) is 19.4. The van der Waals surface area contributed by atoms with E-state index >= 15 is 0 Å². The Bertz CT molecular complexity index is 1140. The number of carbonyl (C=O) groups is 1. The van der Waals surface area contributed by atoms with Crippen molar-refractivity contribution in [1.82, 2.24) is 5.32 Å². The van der Waals surface area contributed by atoms with Crippen LogP contribution in [-0.2, 0) is 5.41 Å². The number of amides is 1. The minimum absolute atomic E-state index is 0.165. The number of anilines is 1. The standard InChI is InChI=1S/C26H25BrN2OS/c1-25(2)17-26(3,19-11-5-4-6-12-19)21-14-7-8-15-22(21)29(25)24(31)28-23(30)18-10-9-13-20(27)16-18/h4-16H,17H2,1-3H3,(H,28,30,31). The van der Waals surface area contributed by atoms with Crippen molar-refractivity contribution in [1.29, 1.82) is 0 Å². The molecule has 3 aromatic rings. The highest BCUT2D eigenvalue weighted by atomic mass is 79.9. The van der Waals surface area contributed by atoms with Crippen LogP contribution in [0.3, 0.4) is 0 Å². The van der Waals surface area contributed by atoms with Crippen LogP contribution in [0.5, 0.6) is 0 Å². The molecule has 4 rings (SSSR count). The van der Waals surface area contributed by atoms with Gasteiger partial charge in [-0.2, -0.15) is 0 Å². The van der Waals surface area contributed by atoms with Crippen molar-refractivity contribution in [2.24, 2.45) is 0 Å². The molecular formula is C26H25BrN2OS. The summed E-state index contributed by atoms with van der Waals surface area (Å²) < 4.78 is 0.855. The quantitative estimate of drug-likeness (QED) is 0.416. The smallest absolute Gasteiger partial charge is 0.257 e. The molecule has 0 saturated carbocycles. The summed E-state index contributed by atoms with van der Waals surface area (Å²) in [6.45, 7) is 6.66. The van der Waals surface area contributed by atoms with Crippen LogP contribution in [0.25, 0.3) is 0 Å². The van der Waals surface area contributed by atoms with E-state index in [-0.39, 0.29) is 16.9 Å². The van der Waals surface area contributed by atoms with Crippen molar-refractivity contribution in [3.63, 3.8) is 0 Å².